The number of hydrogen-bond acceptors (Lipinski definition) is 4. The molecule has 20 heavy (non-hydrogen) atoms. The van der Waals surface area contributed by atoms with Crippen molar-refractivity contribution in [1.82, 2.24) is 10.1 Å². The first-order valence-electron chi connectivity index (χ1n) is 7.00. The van der Waals surface area contributed by atoms with Crippen molar-refractivity contribution in [3.05, 3.63) is 47.6 Å². The molecule has 0 aliphatic rings. The molecule has 0 fully saturated rings. The number of nitrogens with two attached hydrogens (primary N) is 1. The smallest absolute Gasteiger partial charge is 0.231 e. The van der Waals surface area contributed by atoms with Gasteiger partial charge in [0.1, 0.15) is 0 Å². The van der Waals surface area contributed by atoms with Gasteiger partial charge in [0, 0.05) is 12.5 Å². The quantitative estimate of drug-likeness (QED) is 0.926. The lowest BCUT2D eigenvalue weighted by molar-refractivity contribution is 0.332. The van der Waals surface area contributed by atoms with Gasteiger partial charge in [-0.05, 0) is 11.0 Å². The Kier molecular flexibility index (Phi) is 4.23. The summed E-state index contributed by atoms with van der Waals surface area (Å²) in [5.41, 5.74) is 7.50. The minimum atomic E-state index is -0.140. The summed E-state index contributed by atoms with van der Waals surface area (Å²) in [6, 6.07) is 9.86. The molecule has 0 saturated heterocycles. The van der Waals surface area contributed by atoms with Crippen LogP contribution in [0.25, 0.3) is 0 Å². The van der Waals surface area contributed by atoms with Gasteiger partial charge in [-0.3, -0.25) is 0 Å². The van der Waals surface area contributed by atoms with Crippen LogP contribution in [0.15, 0.2) is 34.9 Å². The molecular formula is C16H23N3O. The fourth-order valence-electron chi connectivity index (χ4n) is 2.12. The van der Waals surface area contributed by atoms with Crippen LogP contribution in [0.5, 0.6) is 0 Å². The Morgan fingerprint density at radius 2 is 1.85 bits per heavy atom. The highest BCUT2D eigenvalue weighted by atomic mass is 16.5. The van der Waals surface area contributed by atoms with E-state index < -0.39 is 0 Å². The molecule has 4 nitrogen and oxygen atoms in total. The van der Waals surface area contributed by atoms with Gasteiger partial charge in [0.05, 0.1) is 5.92 Å². The molecule has 1 aromatic heterocycles. The predicted octanol–water partition coefficient (Wildman–Crippen LogP) is 3.46. The van der Waals surface area contributed by atoms with Gasteiger partial charge in [-0.25, -0.2) is 0 Å². The maximum absolute atomic E-state index is 6.28. The van der Waals surface area contributed by atoms with E-state index in [1.165, 1.54) is 0 Å². The van der Waals surface area contributed by atoms with Gasteiger partial charge in [0.25, 0.3) is 0 Å². The van der Waals surface area contributed by atoms with Crippen molar-refractivity contribution in [2.75, 3.05) is 0 Å². The molecule has 1 aromatic carbocycles. The molecule has 0 aliphatic heterocycles. The Labute approximate surface area is 120 Å². The third-order valence-electron chi connectivity index (χ3n) is 3.28. The number of benzene rings is 1. The second-order valence-corrected chi connectivity index (χ2v) is 6.51. The maximum atomic E-state index is 6.28. The van der Waals surface area contributed by atoms with Gasteiger partial charge in [-0.2, -0.15) is 4.98 Å². The molecular weight excluding hydrogens is 250 g/mol. The van der Waals surface area contributed by atoms with Crippen LogP contribution in [-0.4, -0.2) is 10.1 Å². The van der Waals surface area contributed by atoms with E-state index in [9.17, 15) is 0 Å². The van der Waals surface area contributed by atoms with Crippen LogP contribution in [0, 0.1) is 5.41 Å². The topological polar surface area (TPSA) is 64.9 Å². The Morgan fingerprint density at radius 3 is 2.45 bits per heavy atom. The Balaban J connectivity index is 2.12. The number of aromatic nitrogens is 2. The zero-order valence-electron chi connectivity index (χ0n) is 12.6. The minimum Gasteiger partial charge on any atom is -0.339 e. The molecule has 108 valence electrons. The van der Waals surface area contributed by atoms with Gasteiger partial charge in [0.2, 0.25) is 5.89 Å². The second-order valence-electron chi connectivity index (χ2n) is 6.51. The van der Waals surface area contributed by atoms with Crippen LogP contribution in [0.2, 0.25) is 0 Å². The maximum Gasteiger partial charge on any atom is 0.231 e. The molecule has 2 unspecified atom stereocenters. The van der Waals surface area contributed by atoms with Crippen molar-refractivity contribution >= 4 is 0 Å². The SMILES string of the molecule is CC(c1nc(CC(C)(C)C)no1)C(N)c1ccccc1. The summed E-state index contributed by atoms with van der Waals surface area (Å²) in [7, 11) is 0. The van der Waals surface area contributed by atoms with Crippen LogP contribution in [0.1, 0.15) is 56.9 Å². The van der Waals surface area contributed by atoms with Crippen LogP contribution < -0.4 is 5.73 Å². The van der Waals surface area contributed by atoms with Crippen molar-refractivity contribution in [3.63, 3.8) is 0 Å². The van der Waals surface area contributed by atoms with E-state index in [1.54, 1.807) is 0 Å². The highest BCUT2D eigenvalue weighted by Gasteiger charge is 2.23. The van der Waals surface area contributed by atoms with Crippen molar-refractivity contribution < 1.29 is 4.52 Å². The van der Waals surface area contributed by atoms with Gasteiger partial charge in [0.15, 0.2) is 5.82 Å². The second kappa shape index (κ2) is 5.75. The van der Waals surface area contributed by atoms with Gasteiger partial charge in [-0.1, -0.05) is 63.2 Å². The third kappa shape index (κ3) is 3.67. The summed E-state index contributed by atoms with van der Waals surface area (Å²) in [5, 5.41) is 4.06. The fraction of sp³-hybridized carbons (Fsp3) is 0.500. The van der Waals surface area contributed by atoms with E-state index in [1.807, 2.05) is 37.3 Å². The lowest BCUT2D eigenvalue weighted by Gasteiger charge is -2.16. The molecule has 1 heterocycles. The molecule has 0 radical (unpaired) electrons. The van der Waals surface area contributed by atoms with Gasteiger partial charge < -0.3 is 10.3 Å². The van der Waals surface area contributed by atoms with Crippen molar-refractivity contribution in [1.29, 1.82) is 0 Å². The fourth-order valence-corrected chi connectivity index (χ4v) is 2.12. The van der Waals surface area contributed by atoms with E-state index in [0.29, 0.717) is 5.89 Å². The number of rotatable bonds is 4. The first-order valence-corrected chi connectivity index (χ1v) is 7.00. The van der Waals surface area contributed by atoms with Crippen LogP contribution in [0.4, 0.5) is 0 Å². The van der Waals surface area contributed by atoms with Gasteiger partial charge >= 0.3 is 0 Å². The van der Waals surface area contributed by atoms with Crippen molar-refractivity contribution in [2.45, 2.75) is 46.1 Å². The van der Waals surface area contributed by atoms with E-state index in [4.69, 9.17) is 10.3 Å². The van der Waals surface area contributed by atoms with E-state index in [2.05, 4.69) is 30.9 Å². The first kappa shape index (κ1) is 14.7. The van der Waals surface area contributed by atoms with Crippen molar-refractivity contribution in [2.24, 2.45) is 11.1 Å². The lowest BCUT2D eigenvalue weighted by atomic mass is 9.92. The van der Waals surface area contributed by atoms with Gasteiger partial charge in [-0.15, -0.1) is 0 Å². The average molecular weight is 273 g/mol. The molecule has 2 rings (SSSR count). The standard InChI is InChI=1S/C16H23N3O/c1-11(14(17)12-8-6-5-7-9-12)15-18-13(19-20-15)10-16(2,3)4/h5-9,11,14H,10,17H2,1-4H3. The third-order valence-corrected chi connectivity index (χ3v) is 3.28. The highest BCUT2D eigenvalue weighted by molar-refractivity contribution is 5.21. The minimum absolute atomic E-state index is 0.00128. The first-order chi connectivity index (χ1) is 9.37. The van der Waals surface area contributed by atoms with Crippen LogP contribution >= 0.6 is 0 Å². The molecule has 0 saturated carbocycles. The van der Waals surface area contributed by atoms with Crippen LogP contribution in [-0.2, 0) is 6.42 Å². The summed E-state index contributed by atoms with van der Waals surface area (Å²) in [6.45, 7) is 8.48. The molecule has 4 heteroatoms. The Hall–Kier alpha value is -1.68. The molecule has 0 bridgehead atoms. The molecule has 2 N–H and O–H groups in total. The largest absolute Gasteiger partial charge is 0.339 e. The monoisotopic (exact) mass is 273 g/mol. The average Bonchev–Trinajstić information content (AvgIpc) is 2.84. The zero-order chi connectivity index (χ0) is 14.8. The predicted molar refractivity (Wildman–Crippen MR) is 79.2 cm³/mol. The summed E-state index contributed by atoms with van der Waals surface area (Å²) >= 11 is 0. The van der Waals surface area contributed by atoms with E-state index in [0.717, 1.165) is 17.8 Å². The number of nitrogens with zero attached hydrogens (tertiary/aromatic N) is 2. The highest BCUT2D eigenvalue weighted by Crippen LogP contribution is 2.28. The summed E-state index contributed by atoms with van der Waals surface area (Å²) in [4.78, 5) is 4.48. The number of hydrogen-bond donors (Lipinski definition) is 1. The Bertz CT molecular complexity index is 542. The van der Waals surface area contributed by atoms with E-state index >= 15 is 0 Å². The Morgan fingerprint density at radius 1 is 1.20 bits per heavy atom. The van der Waals surface area contributed by atoms with Crippen molar-refractivity contribution in [3.8, 4) is 0 Å². The lowest BCUT2D eigenvalue weighted by Crippen LogP contribution is -2.18. The van der Waals surface area contributed by atoms with Crippen LogP contribution in [0.3, 0.4) is 0 Å². The molecule has 0 aliphatic carbocycles. The summed E-state index contributed by atoms with van der Waals surface area (Å²) in [6.07, 6.45) is 0.795. The molecule has 0 spiro atoms. The summed E-state index contributed by atoms with van der Waals surface area (Å²) in [5.74, 6) is 1.36. The molecule has 2 aromatic rings. The summed E-state index contributed by atoms with van der Waals surface area (Å²) < 4.78 is 5.37. The normalized spacial score (nSPS) is 15.1. The molecule has 2 atom stereocenters. The zero-order valence-corrected chi connectivity index (χ0v) is 12.6. The molecule has 0 amide bonds. The van der Waals surface area contributed by atoms with E-state index in [-0.39, 0.29) is 17.4 Å².